The molecule has 6 heterocycles. The first kappa shape index (κ1) is 21.8. The molecule has 0 aliphatic carbocycles. The Bertz CT molecular complexity index is 1460. The number of H-pyrrole nitrogens is 1. The van der Waals surface area contributed by atoms with Crippen molar-refractivity contribution in [3.8, 4) is 17.3 Å². The highest BCUT2D eigenvalue weighted by Crippen LogP contribution is 2.34. The van der Waals surface area contributed by atoms with Crippen LogP contribution < -0.4 is 15.4 Å². The highest BCUT2D eigenvalue weighted by atomic mass is 35.5. The summed E-state index contributed by atoms with van der Waals surface area (Å²) in [5.74, 6) is 0.542. The number of ether oxygens (including phenoxy) is 3. The molecule has 2 saturated heterocycles. The van der Waals surface area contributed by atoms with Crippen LogP contribution in [0.2, 0.25) is 5.02 Å². The van der Waals surface area contributed by atoms with Crippen molar-refractivity contribution in [2.45, 2.75) is 37.5 Å². The Hall–Kier alpha value is -3.44. The van der Waals surface area contributed by atoms with Crippen molar-refractivity contribution in [3.63, 3.8) is 0 Å². The number of anilines is 2. The smallest absolute Gasteiger partial charge is 0.296 e. The van der Waals surface area contributed by atoms with Crippen LogP contribution in [0.25, 0.3) is 22.4 Å². The van der Waals surface area contributed by atoms with Crippen LogP contribution in [-0.2, 0) is 22.6 Å². The largest absolute Gasteiger partial charge is 0.456 e. The average molecular weight is 507 g/mol. The zero-order valence-corrected chi connectivity index (χ0v) is 19.9. The molecule has 4 aromatic rings. The lowest BCUT2D eigenvalue weighted by molar-refractivity contribution is 0.00706. The maximum Gasteiger partial charge on any atom is 0.296 e. The van der Waals surface area contributed by atoms with Crippen molar-refractivity contribution >= 4 is 34.3 Å². The summed E-state index contributed by atoms with van der Waals surface area (Å²) in [5.41, 5.74) is 11.8. The number of fused-ring (bicyclic) bond motifs is 3. The van der Waals surface area contributed by atoms with Crippen molar-refractivity contribution in [1.29, 1.82) is 0 Å². The Kier molecular flexibility index (Phi) is 5.03. The molecule has 2 unspecified atom stereocenters. The summed E-state index contributed by atoms with van der Waals surface area (Å²) in [6.07, 6.45) is -1.69. The molecule has 0 radical (unpaired) electrons. The van der Waals surface area contributed by atoms with Gasteiger partial charge in [0.1, 0.15) is 29.6 Å². The molecule has 3 aliphatic heterocycles. The van der Waals surface area contributed by atoms with E-state index < -0.39 is 6.10 Å². The summed E-state index contributed by atoms with van der Waals surface area (Å²) in [6, 6.07) is 14.1. The molecule has 4 atom stereocenters. The Balaban J connectivity index is 1.11. The third-order valence-electron chi connectivity index (χ3n) is 6.95. The SMILES string of the molecule is Nc1ccc2c(n1)CN(c1ccc(-c3nc4[nH]c(OC5CO[C@@H]6C(O)CO[C@H]56)nc4cc3Cl)cc1)C2. The standard InChI is InChI=1S/C25H23ClN6O4/c26-15-7-16-24(31-25(29-16)36-19-11-35-22-18(33)10-34-23(19)22)30-21(15)12-1-4-14(5-2-12)32-8-13-3-6-20(27)28-17(13)9-32/h1-7,18-19,22-23,33H,8-11H2,(H2,27,28)(H,29,30,31)/t18?,19?,22-,23-/m1/s1. The van der Waals surface area contributed by atoms with E-state index in [1.54, 1.807) is 6.07 Å². The lowest BCUT2D eigenvalue weighted by Gasteiger charge is -2.17. The maximum absolute atomic E-state index is 9.93. The number of benzene rings is 1. The molecule has 10 nitrogen and oxygen atoms in total. The van der Waals surface area contributed by atoms with E-state index in [9.17, 15) is 5.11 Å². The first-order valence-electron chi connectivity index (χ1n) is 11.8. The highest BCUT2D eigenvalue weighted by Gasteiger charge is 2.48. The van der Waals surface area contributed by atoms with Gasteiger partial charge in [-0.3, -0.25) is 4.98 Å². The predicted molar refractivity (Wildman–Crippen MR) is 133 cm³/mol. The van der Waals surface area contributed by atoms with Crippen LogP contribution >= 0.6 is 11.6 Å². The Morgan fingerprint density at radius 1 is 1.03 bits per heavy atom. The predicted octanol–water partition coefficient (Wildman–Crippen LogP) is 2.68. The molecule has 1 aromatic carbocycles. The number of nitrogen functional groups attached to an aromatic ring is 1. The molecule has 36 heavy (non-hydrogen) atoms. The first-order chi connectivity index (χ1) is 17.5. The minimum Gasteiger partial charge on any atom is -0.456 e. The minimum absolute atomic E-state index is 0.241. The number of imidazole rings is 1. The Morgan fingerprint density at radius 3 is 2.72 bits per heavy atom. The van der Waals surface area contributed by atoms with Gasteiger partial charge >= 0.3 is 0 Å². The average Bonchev–Trinajstić information content (AvgIpc) is 3.64. The number of aliphatic hydroxyl groups is 1. The van der Waals surface area contributed by atoms with Crippen LogP contribution in [0.4, 0.5) is 11.5 Å². The van der Waals surface area contributed by atoms with Gasteiger partial charge in [-0.1, -0.05) is 29.8 Å². The topological polar surface area (TPSA) is 132 Å². The van der Waals surface area contributed by atoms with E-state index >= 15 is 0 Å². The number of aromatic amines is 1. The van der Waals surface area contributed by atoms with Crippen LogP contribution in [0, 0.1) is 0 Å². The molecule has 4 N–H and O–H groups in total. The summed E-state index contributed by atoms with van der Waals surface area (Å²) in [4.78, 5) is 19.0. The Labute approximate surface area is 211 Å². The summed E-state index contributed by atoms with van der Waals surface area (Å²) in [6.45, 7) is 2.08. The van der Waals surface area contributed by atoms with E-state index in [4.69, 9.17) is 36.5 Å². The number of hydrogen-bond acceptors (Lipinski definition) is 9. The third-order valence-corrected chi connectivity index (χ3v) is 7.23. The van der Waals surface area contributed by atoms with E-state index in [-0.39, 0.29) is 24.9 Å². The van der Waals surface area contributed by atoms with Gasteiger partial charge in [-0.15, -0.1) is 0 Å². The third kappa shape index (κ3) is 3.65. The zero-order valence-electron chi connectivity index (χ0n) is 19.1. The van der Waals surface area contributed by atoms with Crippen LogP contribution in [0.5, 0.6) is 6.01 Å². The fraction of sp³-hybridized carbons (Fsp3) is 0.320. The van der Waals surface area contributed by atoms with Gasteiger partial charge < -0.3 is 30.0 Å². The first-order valence-corrected chi connectivity index (χ1v) is 12.1. The second-order valence-electron chi connectivity index (χ2n) is 9.29. The van der Waals surface area contributed by atoms with Crippen molar-refractivity contribution in [1.82, 2.24) is 19.9 Å². The van der Waals surface area contributed by atoms with Crippen molar-refractivity contribution < 1.29 is 19.3 Å². The number of aliphatic hydroxyl groups excluding tert-OH is 1. The summed E-state index contributed by atoms with van der Waals surface area (Å²) in [5, 5.41) is 10.4. The normalized spacial score (nSPS) is 24.9. The monoisotopic (exact) mass is 506 g/mol. The highest BCUT2D eigenvalue weighted by molar-refractivity contribution is 6.33. The number of rotatable bonds is 4. The van der Waals surface area contributed by atoms with Crippen molar-refractivity contribution in [3.05, 3.63) is 58.7 Å². The molecule has 0 spiro atoms. The van der Waals surface area contributed by atoms with E-state index in [0.717, 1.165) is 30.0 Å². The van der Waals surface area contributed by atoms with Gasteiger partial charge in [-0.2, -0.15) is 4.98 Å². The molecule has 7 rings (SSSR count). The lowest BCUT2D eigenvalue weighted by Crippen LogP contribution is -2.34. The molecule has 0 amide bonds. The molecule has 0 bridgehead atoms. The quantitative estimate of drug-likeness (QED) is 0.382. The number of hydrogen-bond donors (Lipinski definition) is 3. The van der Waals surface area contributed by atoms with Gasteiger partial charge in [-0.25, -0.2) is 9.97 Å². The minimum atomic E-state index is -0.634. The molecule has 3 aromatic heterocycles. The van der Waals surface area contributed by atoms with E-state index in [1.807, 2.05) is 24.3 Å². The number of aromatic nitrogens is 4. The van der Waals surface area contributed by atoms with Crippen molar-refractivity contribution in [2.75, 3.05) is 23.8 Å². The fourth-order valence-electron chi connectivity index (χ4n) is 5.12. The lowest BCUT2D eigenvalue weighted by atomic mass is 10.1. The molecular weight excluding hydrogens is 484 g/mol. The van der Waals surface area contributed by atoms with E-state index in [1.165, 1.54) is 5.56 Å². The number of nitrogens with two attached hydrogens (primary N) is 1. The molecule has 2 fully saturated rings. The number of nitrogens with one attached hydrogen (secondary N) is 1. The molecular formula is C25H23ClN6O4. The van der Waals surface area contributed by atoms with Gasteiger partial charge in [-0.05, 0) is 29.8 Å². The molecule has 11 heteroatoms. The second-order valence-corrected chi connectivity index (χ2v) is 9.70. The van der Waals surface area contributed by atoms with Gasteiger partial charge in [0.05, 0.1) is 36.2 Å². The van der Waals surface area contributed by atoms with Crippen LogP contribution in [0.3, 0.4) is 0 Å². The van der Waals surface area contributed by atoms with Gasteiger partial charge in [0.15, 0.2) is 11.8 Å². The van der Waals surface area contributed by atoms with E-state index in [0.29, 0.717) is 40.3 Å². The van der Waals surface area contributed by atoms with Crippen LogP contribution in [0.15, 0.2) is 42.5 Å². The fourth-order valence-corrected chi connectivity index (χ4v) is 5.38. The molecule has 3 aliphatic rings. The molecule has 0 saturated carbocycles. The number of halogens is 1. The zero-order chi connectivity index (χ0) is 24.4. The summed E-state index contributed by atoms with van der Waals surface area (Å²) in [7, 11) is 0. The van der Waals surface area contributed by atoms with Gasteiger partial charge in [0.2, 0.25) is 0 Å². The Morgan fingerprint density at radius 2 is 1.86 bits per heavy atom. The maximum atomic E-state index is 9.93. The summed E-state index contributed by atoms with van der Waals surface area (Å²) < 4.78 is 17.2. The van der Waals surface area contributed by atoms with Crippen molar-refractivity contribution in [2.24, 2.45) is 0 Å². The van der Waals surface area contributed by atoms with Gasteiger partial charge in [0, 0.05) is 17.8 Å². The van der Waals surface area contributed by atoms with Gasteiger partial charge in [0.25, 0.3) is 6.01 Å². The van der Waals surface area contributed by atoms with E-state index in [2.05, 4.69) is 32.0 Å². The number of pyridine rings is 2. The summed E-state index contributed by atoms with van der Waals surface area (Å²) >= 11 is 6.59. The number of nitrogens with zero attached hydrogens (tertiary/aromatic N) is 4. The van der Waals surface area contributed by atoms with Crippen LogP contribution in [0.1, 0.15) is 11.3 Å². The molecule has 184 valence electrons. The van der Waals surface area contributed by atoms with Crippen LogP contribution in [-0.4, -0.2) is 62.7 Å². The second kappa shape index (κ2) is 8.31.